The highest BCUT2D eigenvalue weighted by Gasteiger charge is 2.32. The average molecular weight is 403 g/mol. The Kier molecular flexibility index (Phi) is 7.08. The smallest absolute Gasteiger partial charge is 0.134 e. The molecule has 2 aliphatic rings. The summed E-state index contributed by atoms with van der Waals surface area (Å²) in [5.74, 6) is 2.65. The molecule has 160 valence electrons. The molecule has 1 nitrogen and oxygen atoms in total. The highest BCUT2D eigenvalue weighted by atomic mass is 16.1. The van der Waals surface area contributed by atoms with Gasteiger partial charge in [0.15, 0.2) is 0 Å². The van der Waals surface area contributed by atoms with Crippen LogP contribution in [0.25, 0.3) is 0 Å². The van der Waals surface area contributed by atoms with E-state index in [1.165, 1.54) is 73.6 Å². The molecular formula is C29H38O. The Balaban J connectivity index is 1.51. The van der Waals surface area contributed by atoms with E-state index in [4.69, 9.17) is 0 Å². The Hall–Kier alpha value is -1.89. The molecule has 0 unspecified atom stereocenters. The van der Waals surface area contributed by atoms with Crippen LogP contribution in [-0.4, -0.2) is 5.78 Å². The molecule has 1 heteroatoms. The van der Waals surface area contributed by atoms with Gasteiger partial charge < -0.3 is 0 Å². The molecular weight excluding hydrogens is 364 g/mol. The first-order chi connectivity index (χ1) is 14.6. The maximum absolute atomic E-state index is 13.5. The Morgan fingerprint density at radius 1 is 0.667 bits per heavy atom. The number of carbonyl (C=O) groups excluding carboxylic acids is 1. The topological polar surface area (TPSA) is 17.1 Å². The van der Waals surface area contributed by atoms with Gasteiger partial charge in [-0.15, -0.1) is 0 Å². The minimum Gasteiger partial charge on any atom is -0.300 e. The molecule has 30 heavy (non-hydrogen) atoms. The molecule has 0 aliphatic heterocycles. The molecule has 4 rings (SSSR count). The van der Waals surface area contributed by atoms with Gasteiger partial charge in [0.05, 0.1) is 0 Å². The van der Waals surface area contributed by atoms with Crippen molar-refractivity contribution < 1.29 is 4.79 Å². The van der Waals surface area contributed by atoms with Crippen LogP contribution in [0.5, 0.6) is 0 Å². The average Bonchev–Trinajstić information content (AvgIpc) is 3.46. The molecule has 2 atom stereocenters. The number of aryl methyl sites for hydroxylation is 2. The molecule has 0 bridgehead atoms. The van der Waals surface area contributed by atoms with Gasteiger partial charge in [0.1, 0.15) is 5.78 Å². The summed E-state index contributed by atoms with van der Waals surface area (Å²) >= 11 is 0. The summed E-state index contributed by atoms with van der Waals surface area (Å²) in [6.07, 6.45) is 11.9. The fourth-order valence-electron chi connectivity index (χ4n) is 6.03. The largest absolute Gasteiger partial charge is 0.300 e. The van der Waals surface area contributed by atoms with Crippen molar-refractivity contribution in [3.8, 4) is 0 Å². The van der Waals surface area contributed by atoms with Crippen molar-refractivity contribution >= 4 is 5.78 Å². The Bertz CT molecular complexity index is 735. The molecule has 2 aromatic carbocycles. The quantitative estimate of drug-likeness (QED) is 0.438. The van der Waals surface area contributed by atoms with E-state index >= 15 is 0 Å². The summed E-state index contributed by atoms with van der Waals surface area (Å²) in [5, 5.41) is 0. The summed E-state index contributed by atoms with van der Waals surface area (Å²) in [7, 11) is 0. The van der Waals surface area contributed by atoms with Crippen molar-refractivity contribution in [2.45, 2.75) is 89.9 Å². The van der Waals surface area contributed by atoms with Crippen LogP contribution in [0.15, 0.2) is 48.5 Å². The molecule has 0 saturated heterocycles. The van der Waals surface area contributed by atoms with E-state index < -0.39 is 0 Å². The van der Waals surface area contributed by atoms with Crippen LogP contribution in [0.1, 0.15) is 98.3 Å². The predicted molar refractivity (Wildman–Crippen MR) is 126 cm³/mol. The van der Waals surface area contributed by atoms with Gasteiger partial charge in [-0.1, -0.05) is 85.3 Å². The van der Waals surface area contributed by atoms with Gasteiger partial charge in [0.2, 0.25) is 0 Å². The highest BCUT2D eigenvalue weighted by Crippen LogP contribution is 2.43. The van der Waals surface area contributed by atoms with Crippen LogP contribution in [0.2, 0.25) is 0 Å². The van der Waals surface area contributed by atoms with Crippen LogP contribution in [0.3, 0.4) is 0 Å². The number of rotatable bonds is 8. The summed E-state index contributed by atoms with van der Waals surface area (Å²) in [6.45, 7) is 4.29. The van der Waals surface area contributed by atoms with Crippen molar-refractivity contribution in [2.75, 3.05) is 0 Å². The van der Waals surface area contributed by atoms with Crippen molar-refractivity contribution in [1.29, 1.82) is 0 Å². The Morgan fingerprint density at radius 3 is 1.33 bits per heavy atom. The zero-order valence-corrected chi connectivity index (χ0v) is 18.9. The molecule has 0 spiro atoms. The molecule has 0 amide bonds. The van der Waals surface area contributed by atoms with Crippen LogP contribution >= 0.6 is 0 Å². The van der Waals surface area contributed by atoms with E-state index in [-0.39, 0.29) is 0 Å². The van der Waals surface area contributed by atoms with Crippen molar-refractivity contribution in [2.24, 2.45) is 11.8 Å². The van der Waals surface area contributed by atoms with E-state index in [1.807, 2.05) is 0 Å². The van der Waals surface area contributed by atoms with E-state index in [0.717, 1.165) is 12.8 Å². The summed E-state index contributed by atoms with van der Waals surface area (Å²) < 4.78 is 0. The first-order valence-corrected chi connectivity index (χ1v) is 12.2. The standard InChI is InChI=1S/C29H38O/c1-21-11-15-25(16-12-21)28(23-7-3-4-8-23)19-27(30)20-29(24-9-5-6-10-24)26-17-13-22(2)14-18-26/h11-18,23-24,28-29H,3-10,19-20H2,1-2H3/t28-,29-/m0/s1. The van der Waals surface area contributed by atoms with Crippen LogP contribution < -0.4 is 0 Å². The first kappa shape index (κ1) is 21.3. The molecule has 0 heterocycles. The van der Waals surface area contributed by atoms with Crippen LogP contribution in [0, 0.1) is 25.7 Å². The first-order valence-electron chi connectivity index (χ1n) is 12.2. The van der Waals surface area contributed by atoms with E-state index in [0.29, 0.717) is 29.5 Å². The van der Waals surface area contributed by atoms with Crippen LogP contribution in [-0.2, 0) is 4.79 Å². The van der Waals surface area contributed by atoms with Crippen molar-refractivity contribution in [3.63, 3.8) is 0 Å². The number of carbonyl (C=O) groups is 1. The van der Waals surface area contributed by atoms with Gasteiger partial charge in [-0.2, -0.15) is 0 Å². The third-order valence-electron chi connectivity index (χ3n) is 7.84. The Labute approximate surface area is 183 Å². The summed E-state index contributed by atoms with van der Waals surface area (Å²) in [4.78, 5) is 13.5. The van der Waals surface area contributed by atoms with Crippen molar-refractivity contribution in [3.05, 3.63) is 70.8 Å². The number of benzene rings is 2. The van der Waals surface area contributed by atoms with E-state index in [2.05, 4.69) is 62.4 Å². The summed E-state index contributed by atoms with van der Waals surface area (Å²) in [5.41, 5.74) is 5.37. The molecule has 0 radical (unpaired) electrons. The normalized spacial score (nSPS) is 19.8. The fraction of sp³-hybridized carbons (Fsp3) is 0.552. The lowest BCUT2D eigenvalue weighted by atomic mass is 9.77. The fourth-order valence-corrected chi connectivity index (χ4v) is 6.03. The monoisotopic (exact) mass is 402 g/mol. The lowest BCUT2D eigenvalue weighted by Gasteiger charge is -2.27. The number of Topliss-reactive ketones (excluding diaryl/α,β-unsaturated/α-hetero) is 1. The second-order valence-corrected chi connectivity index (χ2v) is 10.1. The molecule has 2 aliphatic carbocycles. The summed E-state index contributed by atoms with van der Waals surface area (Å²) in [6, 6.07) is 18.0. The predicted octanol–water partition coefficient (Wildman–Crippen LogP) is 7.90. The van der Waals surface area contributed by atoms with Gasteiger partial charge in [-0.05, 0) is 74.3 Å². The third-order valence-corrected chi connectivity index (χ3v) is 7.84. The lowest BCUT2D eigenvalue weighted by Crippen LogP contribution is -2.19. The number of ketones is 1. The molecule has 2 fully saturated rings. The number of hydrogen-bond acceptors (Lipinski definition) is 1. The maximum Gasteiger partial charge on any atom is 0.134 e. The zero-order valence-electron chi connectivity index (χ0n) is 18.9. The molecule has 2 aromatic rings. The van der Waals surface area contributed by atoms with E-state index in [9.17, 15) is 4.79 Å². The van der Waals surface area contributed by atoms with Gasteiger partial charge in [0.25, 0.3) is 0 Å². The second kappa shape index (κ2) is 9.94. The van der Waals surface area contributed by atoms with Crippen LogP contribution in [0.4, 0.5) is 0 Å². The SMILES string of the molecule is Cc1ccc([C@@H](CC(=O)C[C@H](c2ccc(C)cc2)C2CCCC2)C2CCCC2)cc1. The van der Waals surface area contributed by atoms with Gasteiger partial charge in [-0.25, -0.2) is 0 Å². The van der Waals surface area contributed by atoms with Gasteiger partial charge in [0, 0.05) is 12.8 Å². The zero-order chi connectivity index (χ0) is 20.9. The molecule has 0 N–H and O–H groups in total. The number of hydrogen-bond donors (Lipinski definition) is 0. The van der Waals surface area contributed by atoms with Gasteiger partial charge in [-0.3, -0.25) is 4.79 Å². The maximum atomic E-state index is 13.5. The van der Waals surface area contributed by atoms with E-state index in [1.54, 1.807) is 0 Å². The van der Waals surface area contributed by atoms with Gasteiger partial charge >= 0.3 is 0 Å². The minimum atomic E-state index is 0.405. The highest BCUT2D eigenvalue weighted by molar-refractivity contribution is 5.80. The molecule has 2 saturated carbocycles. The minimum absolute atomic E-state index is 0.405. The molecule has 0 aromatic heterocycles. The third kappa shape index (κ3) is 5.23. The Morgan fingerprint density at radius 2 is 1.00 bits per heavy atom. The second-order valence-electron chi connectivity index (χ2n) is 10.1. The lowest BCUT2D eigenvalue weighted by molar-refractivity contribution is -0.120. The van der Waals surface area contributed by atoms with Crippen molar-refractivity contribution in [1.82, 2.24) is 0 Å².